The van der Waals surface area contributed by atoms with Crippen LogP contribution >= 0.6 is 0 Å². The van der Waals surface area contributed by atoms with E-state index < -0.39 is 6.36 Å². The first-order valence-corrected chi connectivity index (χ1v) is 5.38. The van der Waals surface area contributed by atoms with Gasteiger partial charge in [0.2, 0.25) is 5.91 Å². The number of ether oxygens (including phenoxy) is 1. The number of amides is 1. The fourth-order valence-corrected chi connectivity index (χ4v) is 1.50. The molecule has 6 heteroatoms. The van der Waals surface area contributed by atoms with Gasteiger partial charge in [0.05, 0.1) is 0 Å². The van der Waals surface area contributed by atoms with Crippen molar-refractivity contribution in [3.63, 3.8) is 0 Å². The zero-order valence-electron chi connectivity index (χ0n) is 10.0. The molecule has 0 aliphatic rings. The van der Waals surface area contributed by atoms with E-state index in [1.807, 2.05) is 6.92 Å². The average molecular weight is 261 g/mol. The first kappa shape index (κ1) is 14.3. The summed E-state index contributed by atoms with van der Waals surface area (Å²) in [6.07, 6.45) is -4.40. The van der Waals surface area contributed by atoms with Gasteiger partial charge in [0.15, 0.2) is 0 Å². The third kappa shape index (κ3) is 4.65. The first-order valence-electron chi connectivity index (χ1n) is 5.38. The van der Waals surface area contributed by atoms with Gasteiger partial charge < -0.3 is 10.1 Å². The van der Waals surface area contributed by atoms with Gasteiger partial charge in [0.25, 0.3) is 0 Å². The molecule has 1 aromatic carbocycles. The van der Waals surface area contributed by atoms with Crippen molar-refractivity contribution >= 4 is 5.91 Å². The Balaban J connectivity index is 2.67. The van der Waals surface area contributed by atoms with Crippen LogP contribution in [0.25, 0.3) is 0 Å². The highest BCUT2D eigenvalue weighted by molar-refractivity contribution is 5.76. The van der Waals surface area contributed by atoms with Crippen LogP contribution in [0.15, 0.2) is 24.3 Å². The fourth-order valence-electron chi connectivity index (χ4n) is 1.50. The standard InChI is InChI=1S/C12H14F3NO2/c1-8(7-11(17)16-2)9-3-5-10(6-4-9)18-12(13,14)15/h3-6,8H,7H2,1-2H3,(H,16,17). The van der Waals surface area contributed by atoms with Crippen LogP contribution in [-0.4, -0.2) is 19.3 Å². The van der Waals surface area contributed by atoms with Gasteiger partial charge in [-0.15, -0.1) is 13.2 Å². The molecule has 0 saturated carbocycles. The van der Waals surface area contributed by atoms with Gasteiger partial charge in [0.1, 0.15) is 5.75 Å². The van der Waals surface area contributed by atoms with Crippen LogP contribution < -0.4 is 10.1 Å². The Morgan fingerprint density at radius 2 is 1.89 bits per heavy atom. The predicted octanol–water partition coefficient (Wildman–Crippen LogP) is 2.82. The average Bonchev–Trinajstić information content (AvgIpc) is 2.27. The topological polar surface area (TPSA) is 38.3 Å². The van der Waals surface area contributed by atoms with Gasteiger partial charge in [-0.3, -0.25) is 4.79 Å². The minimum atomic E-state index is -4.69. The number of halogens is 3. The number of carbonyl (C=O) groups is 1. The van der Waals surface area contributed by atoms with Gasteiger partial charge in [-0.1, -0.05) is 19.1 Å². The number of rotatable bonds is 4. The maximum Gasteiger partial charge on any atom is 0.573 e. The number of hydrogen-bond donors (Lipinski definition) is 1. The van der Waals surface area contributed by atoms with Crippen molar-refractivity contribution in [3.8, 4) is 5.75 Å². The Labute approximate surface area is 103 Å². The molecule has 1 rings (SSSR count). The van der Waals surface area contributed by atoms with Crippen molar-refractivity contribution in [1.29, 1.82) is 0 Å². The van der Waals surface area contributed by atoms with Crippen LogP contribution in [-0.2, 0) is 4.79 Å². The molecule has 0 aromatic heterocycles. The monoisotopic (exact) mass is 261 g/mol. The molecule has 0 radical (unpaired) electrons. The second-order valence-electron chi connectivity index (χ2n) is 3.90. The molecular formula is C12H14F3NO2. The summed E-state index contributed by atoms with van der Waals surface area (Å²) in [5.41, 5.74) is 0.785. The molecule has 0 aliphatic heterocycles. The largest absolute Gasteiger partial charge is 0.573 e. The minimum Gasteiger partial charge on any atom is -0.406 e. The Bertz CT molecular complexity index is 401. The number of hydrogen-bond acceptors (Lipinski definition) is 2. The van der Waals surface area contributed by atoms with Gasteiger partial charge in [0, 0.05) is 13.5 Å². The lowest BCUT2D eigenvalue weighted by atomic mass is 9.97. The van der Waals surface area contributed by atoms with Crippen LogP contribution in [0.4, 0.5) is 13.2 Å². The molecular weight excluding hydrogens is 247 g/mol. The van der Waals surface area contributed by atoms with E-state index in [2.05, 4.69) is 10.1 Å². The Hall–Kier alpha value is -1.72. The van der Waals surface area contributed by atoms with E-state index in [-0.39, 0.29) is 24.0 Å². The van der Waals surface area contributed by atoms with E-state index in [4.69, 9.17) is 0 Å². The number of alkyl halides is 3. The lowest BCUT2D eigenvalue weighted by Crippen LogP contribution is -2.19. The second kappa shape index (κ2) is 5.75. The summed E-state index contributed by atoms with van der Waals surface area (Å²) < 4.78 is 39.6. The maximum absolute atomic E-state index is 11.9. The Kier molecular flexibility index (Phi) is 4.58. The van der Waals surface area contributed by atoms with Gasteiger partial charge in [-0.2, -0.15) is 0 Å². The summed E-state index contributed by atoms with van der Waals surface area (Å²) in [6, 6.07) is 5.52. The van der Waals surface area contributed by atoms with Gasteiger partial charge in [-0.25, -0.2) is 0 Å². The molecule has 18 heavy (non-hydrogen) atoms. The zero-order valence-corrected chi connectivity index (χ0v) is 10.0. The molecule has 1 amide bonds. The SMILES string of the molecule is CNC(=O)CC(C)c1ccc(OC(F)(F)F)cc1. The molecule has 0 spiro atoms. The molecule has 0 fully saturated rings. The Morgan fingerprint density at radius 1 is 1.33 bits per heavy atom. The third-order valence-corrected chi connectivity index (χ3v) is 2.45. The van der Waals surface area contributed by atoms with Crippen molar-refractivity contribution in [3.05, 3.63) is 29.8 Å². The van der Waals surface area contributed by atoms with E-state index >= 15 is 0 Å². The highest BCUT2D eigenvalue weighted by Crippen LogP contribution is 2.25. The number of benzene rings is 1. The molecule has 0 heterocycles. The highest BCUT2D eigenvalue weighted by atomic mass is 19.4. The second-order valence-corrected chi connectivity index (χ2v) is 3.90. The van der Waals surface area contributed by atoms with Crippen molar-refractivity contribution in [1.82, 2.24) is 5.32 Å². The third-order valence-electron chi connectivity index (χ3n) is 2.45. The molecule has 0 saturated heterocycles. The van der Waals surface area contributed by atoms with E-state index in [1.165, 1.54) is 31.3 Å². The molecule has 1 aromatic rings. The predicted molar refractivity (Wildman–Crippen MR) is 60.2 cm³/mol. The van der Waals surface area contributed by atoms with Gasteiger partial charge in [-0.05, 0) is 23.6 Å². The summed E-state index contributed by atoms with van der Waals surface area (Å²) >= 11 is 0. The van der Waals surface area contributed by atoms with Crippen LogP contribution in [0.3, 0.4) is 0 Å². The van der Waals surface area contributed by atoms with Crippen molar-refractivity contribution in [2.24, 2.45) is 0 Å². The molecule has 3 nitrogen and oxygen atoms in total. The van der Waals surface area contributed by atoms with Crippen LogP contribution in [0, 0.1) is 0 Å². The molecule has 1 N–H and O–H groups in total. The Morgan fingerprint density at radius 3 is 2.33 bits per heavy atom. The molecule has 100 valence electrons. The lowest BCUT2D eigenvalue weighted by Gasteiger charge is -2.12. The quantitative estimate of drug-likeness (QED) is 0.905. The van der Waals surface area contributed by atoms with Crippen LogP contribution in [0.2, 0.25) is 0 Å². The van der Waals surface area contributed by atoms with E-state index in [0.29, 0.717) is 0 Å². The van der Waals surface area contributed by atoms with Gasteiger partial charge >= 0.3 is 6.36 Å². The molecule has 0 bridgehead atoms. The summed E-state index contributed by atoms with van der Waals surface area (Å²) in [7, 11) is 1.54. The van der Waals surface area contributed by atoms with E-state index in [1.54, 1.807) is 0 Å². The smallest absolute Gasteiger partial charge is 0.406 e. The zero-order chi connectivity index (χ0) is 13.8. The highest BCUT2D eigenvalue weighted by Gasteiger charge is 2.31. The summed E-state index contributed by atoms with van der Waals surface area (Å²) in [5, 5.41) is 2.50. The first-order chi connectivity index (χ1) is 8.31. The molecule has 1 unspecified atom stereocenters. The van der Waals surface area contributed by atoms with Crippen molar-refractivity contribution in [2.75, 3.05) is 7.05 Å². The summed E-state index contributed by atoms with van der Waals surface area (Å²) in [6.45, 7) is 1.83. The lowest BCUT2D eigenvalue weighted by molar-refractivity contribution is -0.274. The number of carbonyl (C=O) groups excluding carboxylic acids is 1. The van der Waals surface area contributed by atoms with Crippen molar-refractivity contribution < 1.29 is 22.7 Å². The normalized spacial score (nSPS) is 12.9. The maximum atomic E-state index is 11.9. The summed E-state index contributed by atoms with van der Waals surface area (Å²) in [5.74, 6) is -0.443. The van der Waals surface area contributed by atoms with Crippen LogP contribution in [0.1, 0.15) is 24.8 Å². The minimum absolute atomic E-state index is 0.0649. The fraction of sp³-hybridized carbons (Fsp3) is 0.417. The van der Waals surface area contributed by atoms with E-state index in [9.17, 15) is 18.0 Å². The number of nitrogens with one attached hydrogen (secondary N) is 1. The van der Waals surface area contributed by atoms with Crippen molar-refractivity contribution in [2.45, 2.75) is 25.6 Å². The van der Waals surface area contributed by atoms with E-state index in [0.717, 1.165) is 5.56 Å². The van der Waals surface area contributed by atoms with Crippen LogP contribution in [0.5, 0.6) is 5.75 Å². The molecule has 1 atom stereocenters. The molecule has 0 aliphatic carbocycles. The summed E-state index contributed by atoms with van der Waals surface area (Å²) in [4.78, 5) is 11.2.